The van der Waals surface area contributed by atoms with Crippen LogP contribution in [0.4, 0.5) is 0 Å². The zero-order chi connectivity index (χ0) is 22.6. The van der Waals surface area contributed by atoms with Gasteiger partial charge in [-0.25, -0.2) is 8.42 Å². The molecular weight excluding hydrogens is 438 g/mol. The molecule has 1 aliphatic heterocycles. The molecule has 1 saturated carbocycles. The van der Waals surface area contributed by atoms with E-state index < -0.39 is 20.0 Å². The van der Waals surface area contributed by atoms with Crippen LogP contribution in [0.1, 0.15) is 55.8 Å². The van der Waals surface area contributed by atoms with E-state index >= 15 is 0 Å². The fraction of sp³-hybridized carbons (Fsp3) is 0.667. The Morgan fingerprint density at radius 1 is 1.00 bits per heavy atom. The molecule has 3 rings (SSSR count). The molecule has 1 amide bonds. The van der Waals surface area contributed by atoms with Crippen LogP contribution in [0, 0.1) is 0 Å². The van der Waals surface area contributed by atoms with Gasteiger partial charge in [-0.2, -0.15) is 17.0 Å². The van der Waals surface area contributed by atoms with Crippen LogP contribution in [0.5, 0.6) is 0 Å². The van der Waals surface area contributed by atoms with E-state index in [1.165, 1.54) is 20.7 Å². The van der Waals surface area contributed by atoms with Crippen LogP contribution in [-0.4, -0.2) is 81.3 Å². The minimum absolute atomic E-state index is 0.0170. The SMILES string of the molecule is CCCS(=O)(=O)c1ccccc1C(=O)N1CCN(S(=O)(=O)N(C)C2CCCCC2)CC1. The van der Waals surface area contributed by atoms with Crippen molar-refractivity contribution in [3.63, 3.8) is 0 Å². The van der Waals surface area contributed by atoms with Crippen LogP contribution in [0.25, 0.3) is 0 Å². The van der Waals surface area contributed by atoms with Gasteiger partial charge < -0.3 is 4.90 Å². The largest absolute Gasteiger partial charge is 0.336 e. The molecule has 0 atom stereocenters. The summed E-state index contributed by atoms with van der Waals surface area (Å²) in [6.45, 7) is 2.66. The lowest BCUT2D eigenvalue weighted by Crippen LogP contribution is -2.55. The third-order valence-corrected chi connectivity index (χ3v) is 10.2. The number of amides is 1. The highest BCUT2D eigenvalue weighted by Crippen LogP contribution is 2.26. The van der Waals surface area contributed by atoms with Crippen molar-refractivity contribution in [3.8, 4) is 0 Å². The number of benzene rings is 1. The van der Waals surface area contributed by atoms with E-state index in [9.17, 15) is 21.6 Å². The zero-order valence-electron chi connectivity index (χ0n) is 18.4. The second kappa shape index (κ2) is 9.97. The molecule has 2 fully saturated rings. The molecule has 1 aromatic rings. The van der Waals surface area contributed by atoms with Crippen LogP contribution in [-0.2, 0) is 20.0 Å². The van der Waals surface area contributed by atoms with Gasteiger partial charge in [0, 0.05) is 39.3 Å². The molecule has 0 bridgehead atoms. The Morgan fingerprint density at radius 3 is 2.23 bits per heavy atom. The van der Waals surface area contributed by atoms with Crippen molar-refractivity contribution in [2.75, 3.05) is 39.0 Å². The first kappa shape index (κ1) is 24.2. The molecule has 1 heterocycles. The first-order valence-electron chi connectivity index (χ1n) is 11.0. The van der Waals surface area contributed by atoms with Gasteiger partial charge in [0.05, 0.1) is 16.2 Å². The van der Waals surface area contributed by atoms with Gasteiger partial charge >= 0.3 is 0 Å². The monoisotopic (exact) mass is 471 g/mol. The molecule has 0 spiro atoms. The molecular formula is C21H33N3O5S2. The van der Waals surface area contributed by atoms with E-state index in [1.807, 2.05) is 0 Å². The van der Waals surface area contributed by atoms with E-state index in [1.54, 1.807) is 31.0 Å². The van der Waals surface area contributed by atoms with Crippen molar-refractivity contribution in [3.05, 3.63) is 29.8 Å². The predicted molar refractivity (Wildman–Crippen MR) is 120 cm³/mol. The van der Waals surface area contributed by atoms with Gasteiger partial charge in [0.2, 0.25) is 0 Å². The number of rotatable bonds is 7. The number of sulfone groups is 1. The number of piperazine rings is 1. The van der Waals surface area contributed by atoms with Crippen molar-refractivity contribution >= 4 is 26.0 Å². The summed E-state index contributed by atoms with van der Waals surface area (Å²) in [6.07, 6.45) is 5.49. The van der Waals surface area contributed by atoms with Gasteiger partial charge in [0.25, 0.3) is 16.1 Å². The maximum absolute atomic E-state index is 13.1. The molecule has 0 unspecified atom stereocenters. The second-order valence-electron chi connectivity index (χ2n) is 8.32. The number of nitrogens with zero attached hydrogens (tertiary/aromatic N) is 3. The summed E-state index contributed by atoms with van der Waals surface area (Å²) in [4.78, 5) is 14.7. The molecule has 1 aromatic carbocycles. The molecule has 1 aliphatic carbocycles. The molecule has 2 aliphatic rings. The van der Waals surface area contributed by atoms with Gasteiger partial charge in [0.15, 0.2) is 9.84 Å². The lowest BCUT2D eigenvalue weighted by atomic mass is 9.96. The lowest BCUT2D eigenvalue weighted by molar-refractivity contribution is 0.0689. The van der Waals surface area contributed by atoms with Crippen LogP contribution < -0.4 is 0 Å². The molecule has 10 heteroatoms. The maximum atomic E-state index is 13.1. The Hall–Kier alpha value is -1.49. The van der Waals surface area contributed by atoms with Crippen molar-refractivity contribution < 1.29 is 21.6 Å². The second-order valence-corrected chi connectivity index (χ2v) is 12.4. The summed E-state index contributed by atoms with van der Waals surface area (Å²) in [5.41, 5.74) is 0.159. The Kier molecular flexibility index (Phi) is 7.77. The summed E-state index contributed by atoms with van der Waals surface area (Å²) in [7, 11) is -5.47. The molecule has 0 N–H and O–H groups in total. The molecule has 0 aromatic heterocycles. The van der Waals surface area contributed by atoms with Crippen LogP contribution in [0.2, 0.25) is 0 Å². The molecule has 1 saturated heterocycles. The summed E-state index contributed by atoms with van der Waals surface area (Å²) < 4.78 is 54.2. The Balaban J connectivity index is 1.69. The minimum atomic E-state index is -3.58. The van der Waals surface area contributed by atoms with E-state index in [0.717, 1.165) is 32.1 Å². The molecule has 31 heavy (non-hydrogen) atoms. The topological polar surface area (TPSA) is 95.1 Å². The molecule has 174 valence electrons. The summed E-state index contributed by atoms with van der Waals surface area (Å²) in [5, 5.41) is 0. The highest BCUT2D eigenvalue weighted by atomic mass is 32.2. The van der Waals surface area contributed by atoms with Crippen molar-refractivity contribution in [2.45, 2.75) is 56.4 Å². The zero-order valence-corrected chi connectivity index (χ0v) is 20.0. The van der Waals surface area contributed by atoms with Crippen molar-refractivity contribution in [1.29, 1.82) is 0 Å². The first-order chi connectivity index (χ1) is 14.7. The number of carbonyl (C=O) groups excluding carboxylic acids is 1. The standard InChI is InChI=1S/C21H33N3O5S2/c1-3-17-30(26,27)20-12-8-7-11-19(20)21(25)23-13-15-24(16-14-23)31(28,29)22(2)18-9-5-4-6-10-18/h7-8,11-12,18H,3-6,9-10,13-17H2,1-2H3. The van der Waals surface area contributed by atoms with Crippen LogP contribution in [0.15, 0.2) is 29.2 Å². The number of hydrogen-bond acceptors (Lipinski definition) is 5. The fourth-order valence-corrected chi connectivity index (χ4v) is 7.51. The average Bonchev–Trinajstić information content (AvgIpc) is 2.78. The van der Waals surface area contributed by atoms with E-state index in [4.69, 9.17) is 0 Å². The highest BCUT2D eigenvalue weighted by Gasteiger charge is 2.36. The van der Waals surface area contributed by atoms with Gasteiger partial charge in [0.1, 0.15) is 0 Å². The van der Waals surface area contributed by atoms with Gasteiger partial charge in [-0.3, -0.25) is 4.79 Å². The van der Waals surface area contributed by atoms with Gasteiger partial charge in [-0.1, -0.05) is 38.3 Å². The third kappa shape index (κ3) is 5.30. The normalized spacial score (nSPS) is 19.6. The Bertz CT molecular complexity index is 980. The first-order valence-corrected chi connectivity index (χ1v) is 14.1. The maximum Gasteiger partial charge on any atom is 0.282 e. The number of hydrogen-bond donors (Lipinski definition) is 0. The predicted octanol–water partition coefficient (Wildman–Crippen LogP) is 2.14. The molecule has 8 nitrogen and oxygen atoms in total. The Labute approximate surface area is 186 Å². The summed E-state index contributed by atoms with van der Waals surface area (Å²) >= 11 is 0. The highest BCUT2D eigenvalue weighted by molar-refractivity contribution is 7.91. The fourth-order valence-electron chi connectivity index (χ4n) is 4.40. The average molecular weight is 472 g/mol. The minimum Gasteiger partial charge on any atom is -0.336 e. The van der Waals surface area contributed by atoms with E-state index in [0.29, 0.717) is 6.42 Å². The van der Waals surface area contributed by atoms with Gasteiger partial charge in [-0.05, 0) is 31.4 Å². The summed E-state index contributed by atoms with van der Waals surface area (Å²) in [6, 6.07) is 6.31. The van der Waals surface area contributed by atoms with E-state index in [2.05, 4.69) is 0 Å². The third-order valence-electron chi connectivity index (χ3n) is 6.23. The van der Waals surface area contributed by atoms with Crippen LogP contribution in [0.3, 0.4) is 0 Å². The molecule has 0 radical (unpaired) electrons. The lowest BCUT2D eigenvalue weighted by Gasteiger charge is -2.38. The Morgan fingerprint density at radius 2 is 1.61 bits per heavy atom. The van der Waals surface area contributed by atoms with Crippen molar-refractivity contribution in [2.24, 2.45) is 0 Å². The van der Waals surface area contributed by atoms with Gasteiger partial charge in [-0.15, -0.1) is 0 Å². The summed E-state index contributed by atoms with van der Waals surface area (Å²) in [5.74, 6) is -0.385. The van der Waals surface area contributed by atoms with E-state index in [-0.39, 0.29) is 54.3 Å². The quantitative estimate of drug-likeness (QED) is 0.607. The van der Waals surface area contributed by atoms with Crippen LogP contribution >= 0.6 is 0 Å². The van der Waals surface area contributed by atoms with Crippen molar-refractivity contribution in [1.82, 2.24) is 13.5 Å². The smallest absolute Gasteiger partial charge is 0.282 e. The number of carbonyl (C=O) groups is 1.